The van der Waals surface area contributed by atoms with E-state index in [2.05, 4.69) is 15.0 Å². The third-order valence-electron chi connectivity index (χ3n) is 8.91. The number of carbonyl (C=O) groups is 2. The van der Waals surface area contributed by atoms with Crippen molar-refractivity contribution in [2.24, 2.45) is 11.7 Å². The Morgan fingerprint density at radius 2 is 1.64 bits per heavy atom. The Kier molecular flexibility index (Phi) is 9.23. The first-order valence-corrected chi connectivity index (χ1v) is 15.1. The fourth-order valence-corrected chi connectivity index (χ4v) is 6.87. The van der Waals surface area contributed by atoms with Crippen molar-refractivity contribution in [2.75, 3.05) is 19.0 Å². The molecule has 45 heavy (non-hydrogen) atoms. The number of aromatic nitrogens is 1. The van der Waals surface area contributed by atoms with Gasteiger partial charge in [-0.1, -0.05) is 54.6 Å². The lowest BCUT2D eigenvalue weighted by molar-refractivity contribution is -0.148. The molecule has 0 saturated heterocycles. The molecule has 8 nitrogen and oxygen atoms in total. The van der Waals surface area contributed by atoms with Crippen molar-refractivity contribution >= 4 is 17.8 Å². The number of halogens is 3. The van der Waals surface area contributed by atoms with Gasteiger partial charge in [0.25, 0.3) is 0 Å². The van der Waals surface area contributed by atoms with E-state index in [1.165, 1.54) is 0 Å². The van der Waals surface area contributed by atoms with Crippen molar-refractivity contribution in [3.63, 3.8) is 0 Å². The normalized spacial score (nSPS) is 24.8. The van der Waals surface area contributed by atoms with Crippen molar-refractivity contribution in [3.8, 4) is 22.3 Å². The number of aliphatic hydroxyl groups is 1. The Bertz CT molecular complexity index is 1500. The van der Waals surface area contributed by atoms with Crippen LogP contribution in [0.15, 0.2) is 66.9 Å². The van der Waals surface area contributed by atoms with E-state index in [1.54, 1.807) is 13.1 Å². The molecule has 11 heteroatoms. The Morgan fingerprint density at radius 3 is 2.22 bits per heavy atom. The number of amides is 2. The highest BCUT2D eigenvalue weighted by Crippen LogP contribution is 2.46. The first-order valence-electron chi connectivity index (χ1n) is 15.1. The van der Waals surface area contributed by atoms with Crippen LogP contribution >= 0.6 is 0 Å². The zero-order valence-corrected chi connectivity index (χ0v) is 25.4. The van der Waals surface area contributed by atoms with E-state index in [0.29, 0.717) is 44.3 Å². The Morgan fingerprint density at radius 1 is 1.02 bits per heavy atom. The molecule has 4 N–H and O–H groups in total. The fraction of sp³-hybridized carbons (Fsp3) is 0.441. The Labute approximate surface area is 260 Å². The maximum absolute atomic E-state index is 13.0. The zero-order valence-electron chi connectivity index (χ0n) is 25.4. The maximum atomic E-state index is 13.0. The highest BCUT2D eigenvalue weighted by molar-refractivity contribution is 5.92. The number of carbonyl (C=O) groups excluding carboxylic acids is 2. The van der Waals surface area contributed by atoms with Gasteiger partial charge in [-0.05, 0) is 79.7 Å². The van der Waals surface area contributed by atoms with Gasteiger partial charge in [-0.2, -0.15) is 13.2 Å². The van der Waals surface area contributed by atoms with Gasteiger partial charge in [0.2, 0.25) is 5.91 Å². The molecule has 1 aromatic heterocycles. The van der Waals surface area contributed by atoms with Crippen LogP contribution in [0.25, 0.3) is 22.3 Å². The number of hydrogen-bond acceptors (Lipinski definition) is 6. The number of rotatable bonds is 8. The fourth-order valence-electron chi connectivity index (χ4n) is 6.87. The minimum absolute atomic E-state index is 0.0248. The number of hydrogen-bond donors (Lipinski definition) is 3. The van der Waals surface area contributed by atoms with Gasteiger partial charge >= 0.3 is 12.3 Å². The van der Waals surface area contributed by atoms with E-state index >= 15 is 0 Å². The van der Waals surface area contributed by atoms with E-state index in [4.69, 9.17) is 5.73 Å². The molecule has 240 valence electrons. The number of nitrogens with two attached hydrogens (primary N) is 1. The number of alkyl halides is 3. The summed E-state index contributed by atoms with van der Waals surface area (Å²) in [6, 6.07) is 19.0. The topological polar surface area (TPSA) is 118 Å². The molecule has 3 aromatic rings. The molecule has 0 unspecified atom stereocenters. The number of pyridine rings is 1. The van der Waals surface area contributed by atoms with Gasteiger partial charge in [-0.3, -0.25) is 9.69 Å². The molecule has 2 aromatic carbocycles. The van der Waals surface area contributed by atoms with Gasteiger partial charge in [0, 0.05) is 29.8 Å². The van der Waals surface area contributed by atoms with E-state index in [1.807, 2.05) is 60.7 Å². The lowest BCUT2D eigenvalue weighted by Crippen LogP contribution is -2.58. The molecule has 0 bridgehead atoms. The average Bonchev–Trinajstić information content (AvgIpc) is 2.99. The van der Waals surface area contributed by atoms with Gasteiger partial charge in [0.05, 0.1) is 12.7 Å². The molecule has 2 saturated carbocycles. The largest absolute Gasteiger partial charge is 0.453 e. The SMILES string of the molecule is COC(=O)N(CC(F)(F)F)C1CCC(CC(=O)Nc2cc(-c3ccccc3)c(-c3ccc([C@]4(N)C[C@](C)(O)C4)cc3)cn2)CC1. The molecule has 0 aliphatic heterocycles. The summed E-state index contributed by atoms with van der Waals surface area (Å²) in [6.45, 7) is 0.430. The Balaban J connectivity index is 1.26. The highest BCUT2D eigenvalue weighted by Gasteiger charge is 2.49. The number of nitrogens with one attached hydrogen (secondary N) is 1. The number of benzene rings is 2. The lowest BCUT2D eigenvalue weighted by Gasteiger charge is -2.49. The molecule has 1 heterocycles. The second-order valence-electron chi connectivity index (χ2n) is 12.7. The van der Waals surface area contributed by atoms with Gasteiger partial charge in [-0.15, -0.1) is 0 Å². The minimum Gasteiger partial charge on any atom is -0.453 e. The predicted octanol–water partition coefficient (Wildman–Crippen LogP) is 6.63. The third-order valence-corrected chi connectivity index (χ3v) is 8.91. The lowest BCUT2D eigenvalue weighted by atomic mass is 9.63. The first kappa shape index (κ1) is 32.4. The summed E-state index contributed by atoms with van der Waals surface area (Å²) in [6.07, 6.45) is -0.853. The van der Waals surface area contributed by atoms with Crippen LogP contribution in [0.3, 0.4) is 0 Å². The van der Waals surface area contributed by atoms with Gasteiger partial charge in [0.1, 0.15) is 12.4 Å². The summed E-state index contributed by atoms with van der Waals surface area (Å²) in [5, 5.41) is 13.1. The van der Waals surface area contributed by atoms with E-state index in [0.717, 1.165) is 39.8 Å². The van der Waals surface area contributed by atoms with Crippen LogP contribution in [0.5, 0.6) is 0 Å². The summed E-state index contributed by atoms with van der Waals surface area (Å²) < 4.78 is 43.7. The number of ether oxygens (including phenoxy) is 1. The summed E-state index contributed by atoms with van der Waals surface area (Å²) in [5.74, 6) is 0.141. The van der Waals surface area contributed by atoms with Crippen molar-refractivity contribution in [1.82, 2.24) is 9.88 Å². The van der Waals surface area contributed by atoms with E-state index < -0.39 is 36.0 Å². The summed E-state index contributed by atoms with van der Waals surface area (Å²) in [5.41, 5.74) is 9.83. The molecule has 2 fully saturated rings. The van der Waals surface area contributed by atoms with Crippen LogP contribution < -0.4 is 11.1 Å². The molecule has 0 spiro atoms. The van der Waals surface area contributed by atoms with Crippen LogP contribution in [0.4, 0.5) is 23.8 Å². The molecule has 2 aliphatic rings. The number of nitrogens with zero attached hydrogens (tertiary/aromatic N) is 2. The monoisotopic (exact) mass is 624 g/mol. The first-order chi connectivity index (χ1) is 21.2. The molecule has 0 radical (unpaired) electrons. The quantitative estimate of drug-likeness (QED) is 0.259. The highest BCUT2D eigenvalue weighted by atomic mass is 19.4. The van der Waals surface area contributed by atoms with Crippen LogP contribution in [-0.4, -0.2) is 58.5 Å². The van der Waals surface area contributed by atoms with Gasteiger partial charge in [-0.25, -0.2) is 9.78 Å². The van der Waals surface area contributed by atoms with Crippen molar-refractivity contribution in [2.45, 2.75) is 75.2 Å². The second kappa shape index (κ2) is 12.8. The van der Waals surface area contributed by atoms with Crippen LogP contribution in [0.2, 0.25) is 0 Å². The summed E-state index contributed by atoms with van der Waals surface area (Å²) >= 11 is 0. The second-order valence-corrected chi connectivity index (χ2v) is 12.7. The molecular formula is C34H39F3N4O4. The molecule has 5 rings (SSSR count). The van der Waals surface area contributed by atoms with Crippen LogP contribution in [0.1, 0.15) is 57.4 Å². The summed E-state index contributed by atoms with van der Waals surface area (Å²) in [4.78, 5) is 30.3. The number of anilines is 1. The molecular weight excluding hydrogens is 585 g/mol. The molecule has 2 amide bonds. The van der Waals surface area contributed by atoms with Gasteiger partial charge in [0.15, 0.2) is 0 Å². The van der Waals surface area contributed by atoms with Gasteiger partial charge < -0.3 is 20.9 Å². The predicted molar refractivity (Wildman–Crippen MR) is 165 cm³/mol. The maximum Gasteiger partial charge on any atom is 0.410 e. The van der Waals surface area contributed by atoms with Crippen molar-refractivity contribution in [3.05, 3.63) is 72.4 Å². The zero-order chi connectivity index (χ0) is 32.4. The average molecular weight is 625 g/mol. The molecule has 0 atom stereocenters. The standard InChI is InChI=1S/C34H39F3N4O4/c1-32(44)19-33(38,20-32)25-12-10-24(11-13-25)28-18-39-29(17-27(28)23-6-4-3-5-7-23)40-30(42)16-22-8-14-26(15-9-22)41(31(43)45-2)21-34(35,36)37/h3-7,10-13,17-18,22,26,44H,8-9,14-16,19-21,38H2,1-2H3,(H,39,40,42)/t22?,26?,32-,33-. The van der Waals surface area contributed by atoms with Crippen molar-refractivity contribution in [1.29, 1.82) is 0 Å². The van der Waals surface area contributed by atoms with E-state index in [-0.39, 0.29) is 18.2 Å². The van der Waals surface area contributed by atoms with E-state index in [9.17, 15) is 27.9 Å². The van der Waals surface area contributed by atoms with Crippen LogP contribution in [-0.2, 0) is 15.1 Å². The summed E-state index contributed by atoms with van der Waals surface area (Å²) in [7, 11) is 1.07. The minimum atomic E-state index is -4.53. The van der Waals surface area contributed by atoms with Crippen LogP contribution in [0, 0.1) is 5.92 Å². The molecule has 2 aliphatic carbocycles. The smallest absolute Gasteiger partial charge is 0.410 e. The number of methoxy groups -OCH3 is 1. The third kappa shape index (κ3) is 7.83. The Hall–Kier alpha value is -3.96. The van der Waals surface area contributed by atoms with Crippen molar-refractivity contribution < 1.29 is 32.6 Å².